The van der Waals surface area contributed by atoms with Crippen molar-refractivity contribution in [1.29, 1.82) is 0 Å². The molecule has 5 aromatic rings. The summed E-state index contributed by atoms with van der Waals surface area (Å²) in [6, 6.07) is 19.3. The van der Waals surface area contributed by atoms with Crippen LogP contribution in [-0.2, 0) is 5.75 Å². The highest BCUT2D eigenvalue weighted by atomic mass is 32.2. The number of aromatic nitrogens is 5. The molecule has 7 nitrogen and oxygen atoms in total. The lowest BCUT2D eigenvalue weighted by Gasteiger charge is -2.11. The Morgan fingerprint density at radius 2 is 1.84 bits per heavy atom. The first-order chi connectivity index (χ1) is 15.6. The Labute approximate surface area is 192 Å². The Hall–Kier alpha value is -3.43. The number of hydrogen-bond acceptors (Lipinski definition) is 7. The van der Waals surface area contributed by atoms with Crippen molar-refractivity contribution in [2.24, 2.45) is 0 Å². The summed E-state index contributed by atoms with van der Waals surface area (Å²) in [5.41, 5.74) is 3.44. The minimum atomic E-state index is -0.0639. The van der Waals surface area contributed by atoms with Crippen LogP contribution < -0.4 is 10.3 Å². The highest BCUT2D eigenvalue weighted by molar-refractivity contribution is 7.98. The van der Waals surface area contributed by atoms with Crippen LogP contribution in [0.15, 0.2) is 76.0 Å². The average Bonchev–Trinajstić information content (AvgIpc) is 3.42. The largest absolute Gasteiger partial charge is 0.497 e. The van der Waals surface area contributed by atoms with Gasteiger partial charge >= 0.3 is 0 Å². The van der Waals surface area contributed by atoms with Gasteiger partial charge in [-0.25, -0.2) is 4.98 Å². The van der Waals surface area contributed by atoms with Crippen LogP contribution in [0.2, 0.25) is 0 Å². The van der Waals surface area contributed by atoms with Crippen molar-refractivity contribution in [1.82, 2.24) is 24.1 Å². The van der Waals surface area contributed by atoms with E-state index < -0.39 is 0 Å². The maximum Gasteiger partial charge on any atom is 0.258 e. The number of rotatable bonds is 6. The van der Waals surface area contributed by atoms with Gasteiger partial charge in [0.25, 0.3) is 5.56 Å². The van der Waals surface area contributed by atoms with Crippen LogP contribution in [0, 0.1) is 6.92 Å². The number of thioether (sulfide) groups is 1. The van der Waals surface area contributed by atoms with E-state index in [1.54, 1.807) is 17.6 Å². The zero-order chi connectivity index (χ0) is 22.1. The predicted octanol–water partition coefficient (Wildman–Crippen LogP) is 4.61. The monoisotopic (exact) mass is 461 g/mol. The van der Waals surface area contributed by atoms with Crippen LogP contribution in [0.25, 0.3) is 22.0 Å². The third kappa shape index (κ3) is 3.80. The molecule has 5 rings (SSSR count). The summed E-state index contributed by atoms with van der Waals surface area (Å²) in [5, 5.41) is 11.6. The first-order valence-electron chi connectivity index (χ1n) is 9.89. The molecule has 0 spiro atoms. The molecular formula is C23H19N5O2S2. The van der Waals surface area contributed by atoms with Gasteiger partial charge in [-0.1, -0.05) is 42.1 Å². The molecule has 3 heterocycles. The number of ether oxygens (including phenoxy) is 1. The van der Waals surface area contributed by atoms with Crippen molar-refractivity contribution in [2.45, 2.75) is 17.8 Å². The van der Waals surface area contributed by atoms with Crippen LogP contribution in [-0.4, -0.2) is 31.3 Å². The number of aryl methyl sites for hydroxylation is 1. The van der Waals surface area contributed by atoms with Crippen molar-refractivity contribution in [3.8, 4) is 22.8 Å². The summed E-state index contributed by atoms with van der Waals surface area (Å²) in [4.78, 5) is 17.9. The minimum absolute atomic E-state index is 0.0639. The van der Waals surface area contributed by atoms with E-state index >= 15 is 0 Å². The molecule has 0 atom stereocenters. The van der Waals surface area contributed by atoms with E-state index in [9.17, 15) is 4.79 Å². The van der Waals surface area contributed by atoms with Crippen molar-refractivity contribution < 1.29 is 4.74 Å². The molecule has 0 saturated heterocycles. The van der Waals surface area contributed by atoms with Gasteiger partial charge in [-0.2, -0.15) is 0 Å². The predicted molar refractivity (Wildman–Crippen MR) is 127 cm³/mol. The molecule has 3 aromatic heterocycles. The Morgan fingerprint density at radius 3 is 2.59 bits per heavy atom. The molecule has 0 amide bonds. The first kappa shape index (κ1) is 20.5. The van der Waals surface area contributed by atoms with Crippen LogP contribution in [0.3, 0.4) is 0 Å². The lowest BCUT2D eigenvalue weighted by Crippen LogP contribution is -2.14. The van der Waals surface area contributed by atoms with Gasteiger partial charge in [0.15, 0.2) is 15.9 Å². The van der Waals surface area contributed by atoms with Crippen LogP contribution in [0.4, 0.5) is 0 Å². The second-order valence-corrected chi connectivity index (χ2v) is 8.85. The zero-order valence-electron chi connectivity index (χ0n) is 17.4. The Balaban J connectivity index is 1.52. The molecule has 0 aliphatic heterocycles. The van der Waals surface area contributed by atoms with Crippen molar-refractivity contribution in [3.05, 3.63) is 87.8 Å². The highest BCUT2D eigenvalue weighted by Gasteiger charge is 2.17. The molecule has 0 saturated carbocycles. The Kier molecular flexibility index (Phi) is 5.50. The maximum atomic E-state index is 12.5. The van der Waals surface area contributed by atoms with Gasteiger partial charge in [-0.15, -0.1) is 21.5 Å². The summed E-state index contributed by atoms with van der Waals surface area (Å²) in [7, 11) is 1.64. The summed E-state index contributed by atoms with van der Waals surface area (Å²) in [6.45, 7) is 1.91. The standard InChI is InChI=1S/C23H19N5O2S2/c1-15-13-31-22-24-17(12-20(29)27(15)22)14-32-23-26-25-21(16-6-4-3-5-7-16)28(23)18-8-10-19(30-2)11-9-18/h3-13H,14H2,1-2H3. The number of hydrogen-bond donors (Lipinski definition) is 0. The fourth-order valence-corrected chi connectivity index (χ4v) is 5.15. The highest BCUT2D eigenvalue weighted by Crippen LogP contribution is 2.30. The van der Waals surface area contributed by atoms with E-state index in [0.29, 0.717) is 16.4 Å². The lowest BCUT2D eigenvalue weighted by molar-refractivity contribution is 0.414. The van der Waals surface area contributed by atoms with E-state index in [4.69, 9.17) is 4.74 Å². The Bertz CT molecular complexity index is 1440. The molecule has 0 fully saturated rings. The zero-order valence-corrected chi connectivity index (χ0v) is 19.1. The molecule has 2 aromatic carbocycles. The number of benzene rings is 2. The normalized spacial score (nSPS) is 11.2. The van der Waals surface area contributed by atoms with Gasteiger partial charge < -0.3 is 4.74 Å². The third-order valence-corrected chi connectivity index (χ3v) is 6.88. The maximum absolute atomic E-state index is 12.5. The van der Waals surface area contributed by atoms with E-state index in [1.165, 1.54) is 23.1 Å². The van der Waals surface area contributed by atoms with E-state index in [0.717, 1.165) is 33.7 Å². The van der Waals surface area contributed by atoms with E-state index in [2.05, 4.69) is 15.2 Å². The number of fused-ring (bicyclic) bond motifs is 1. The molecule has 0 aliphatic carbocycles. The summed E-state index contributed by atoms with van der Waals surface area (Å²) in [6.07, 6.45) is 0. The van der Waals surface area contributed by atoms with Gasteiger partial charge in [0.1, 0.15) is 5.75 Å². The minimum Gasteiger partial charge on any atom is -0.497 e. The second kappa shape index (κ2) is 8.60. The van der Waals surface area contributed by atoms with Crippen LogP contribution in [0.5, 0.6) is 5.75 Å². The average molecular weight is 462 g/mol. The number of nitrogens with zero attached hydrogens (tertiary/aromatic N) is 5. The first-order valence-corrected chi connectivity index (χ1v) is 11.8. The number of methoxy groups -OCH3 is 1. The van der Waals surface area contributed by atoms with Crippen LogP contribution >= 0.6 is 23.1 Å². The van der Waals surface area contributed by atoms with Crippen LogP contribution in [0.1, 0.15) is 11.4 Å². The van der Waals surface area contributed by atoms with Gasteiger partial charge in [0, 0.05) is 34.1 Å². The van der Waals surface area contributed by atoms with E-state index in [1.807, 2.05) is 71.5 Å². The molecule has 0 bridgehead atoms. The summed E-state index contributed by atoms with van der Waals surface area (Å²) >= 11 is 2.96. The molecule has 160 valence electrons. The molecular weight excluding hydrogens is 442 g/mol. The van der Waals surface area contributed by atoms with Gasteiger partial charge in [-0.05, 0) is 31.2 Å². The molecule has 32 heavy (non-hydrogen) atoms. The molecule has 0 unspecified atom stereocenters. The molecule has 0 aliphatic rings. The van der Waals surface area contributed by atoms with Gasteiger partial charge in [0.05, 0.1) is 12.8 Å². The van der Waals surface area contributed by atoms with Gasteiger partial charge in [0.2, 0.25) is 0 Å². The SMILES string of the molecule is COc1ccc(-n2c(SCc3cc(=O)n4c(C)csc4n3)nnc2-c2ccccc2)cc1. The fraction of sp³-hybridized carbons (Fsp3) is 0.130. The van der Waals surface area contributed by atoms with E-state index in [-0.39, 0.29) is 5.56 Å². The van der Waals surface area contributed by atoms with Crippen molar-refractivity contribution >= 4 is 28.1 Å². The Morgan fingerprint density at radius 1 is 1.06 bits per heavy atom. The fourth-order valence-electron chi connectivity index (χ4n) is 3.41. The van der Waals surface area contributed by atoms with Crippen molar-refractivity contribution in [2.75, 3.05) is 7.11 Å². The molecule has 9 heteroatoms. The smallest absolute Gasteiger partial charge is 0.258 e. The molecule has 0 N–H and O–H groups in total. The number of thiazole rings is 1. The summed E-state index contributed by atoms with van der Waals surface area (Å²) in [5.74, 6) is 2.03. The molecule has 0 radical (unpaired) electrons. The lowest BCUT2D eigenvalue weighted by atomic mass is 10.2. The van der Waals surface area contributed by atoms with Crippen molar-refractivity contribution in [3.63, 3.8) is 0 Å². The van der Waals surface area contributed by atoms with Gasteiger partial charge in [-0.3, -0.25) is 13.8 Å². The third-order valence-electron chi connectivity index (χ3n) is 4.97. The summed E-state index contributed by atoms with van der Waals surface area (Å²) < 4.78 is 8.95. The quantitative estimate of drug-likeness (QED) is 0.344. The topological polar surface area (TPSA) is 74.3 Å². The second-order valence-electron chi connectivity index (χ2n) is 7.08.